The molecular formula is C14H17BrO10S2. The van der Waals surface area contributed by atoms with Crippen molar-refractivity contribution in [2.75, 3.05) is 7.11 Å². The molecule has 0 amide bonds. The number of benzene rings is 1. The molecule has 27 heavy (non-hydrogen) atoms. The van der Waals surface area contributed by atoms with Crippen LogP contribution in [0.1, 0.15) is 5.56 Å². The van der Waals surface area contributed by atoms with Crippen molar-refractivity contribution >= 4 is 36.7 Å². The van der Waals surface area contributed by atoms with Crippen LogP contribution in [0.3, 0.4) is 0 Å². The predicted octanol–water partition coefficient (Wildman–Crippen LogP) is 1.26. The molecule has 0 heterocycles. The molecule has 0 bridgehead atoms. The fourth-order valence-electron chi connectivity index (χ4n) is 2.50. The van der Waals surface area contributed by atoms with E-state index in [4.69, 9.17) is 18.6 Å². The third kappa shape index (κ3) is 6.89. The summed E-state index contributed by atoms with van der Waals surface area (Å²) in [5.41, 5.74) is 0.735. The molecule has 4 atom stereocenters. The fraction of sp³-hybridized carbons (Fsp3) is 0.429. The van der Waals surface area contributed by atoms with Gasteiger partial charge in [-0.2, -0.15) is 16.8 Å². The second kappa shape index (κ2) is 9.07. The Labute approximate surface area is 165 Å². The van der Waals surface area contributed by atoms with Crippen molar-refractivity contribution in [3.05, 3.63) is 46.5 Å². The van der Waals surface area contributed by atoms with Crippen molar-refractivity contribution in [3.63, 3.8) is 0 Å². The minimum atomic E-state index is -5.02. The number of hydrogen-bond acceptors (Lipinski definition) is 8. The van der Waals surface area contributed by atoms with Crippen LogP contribution in [0.5, 0.6) is 0 Å². The van der Waals surface area contributed by atoms with Crippen molar-refractivity contribution in [2.24, 2.45) is 0 Å². The lowest BCUT2D eigenvalue weighted by Gasteiger charge is -2.37. The van der Waals surface area contributed by atoms with Gasteiger partial charge in [0.2, 0.25) is 0 Å². The molecule has 2 N–H and O–H groups in total. The van der Waals surface area contributed by atoms with Gasteiger partial charge in [0.05, 0.1) is 6.61 Å². The maximum absolute atomic E-state index is 11.3. The summed E-state index contributed by atoms with van der Waals surface area (Å²) in [4.78, 5) is 0. The Kier molecular flexibility index (Phi) is 7.52. The monoisotopic (exact) mass is 488 g/mol. The molecule has 0 aliphatic heterocycles. The van der Waals surface area contributed by atoms with Crippen LogP contribution in [0.2, 0.25) is 0 Å². The standard InChI is InChI=1S/C14H17BrO10S2/c1-22-11-7-10(15)12(24-26(16,17)18)14(25-27(19,20)21)13(11)23-8-9-5-3-2-4-6-9/h2-7,11-14H,8H2,1H3,(H,16,17,18)(H,19,20,21)/t11-,12+,13+,14+/m0/s1. The molecule has 0 aromatic heterocycles. The Morgan fingerprint density at radius 2 is 1.59 bits per heavy atom. The highest BCUT2D eigenvalue weighted by molar-refractivity contribution is 9.11. The van der Waals surface area contributed by atoms with Gasteiger partial charge in [-0.15, -0.1) is 0 Å². The lowest BCUT2D eigenvalue weighted by atomic mass is 9.96. The highest BCUT2D eigenvalue weighted by Crippen LogP contribution is 2.33. The minimum absolute atomic E-state index is 0.000751. The maximum atomic E-state index is 11.3. The summed E-state index contributed by atoms with van der Waals surface area (Å²) < 4.78 is 82.9. The SMILES string of the molecule is CO[C@H]1C=C(Br)[C@@H](OS(=O)(=O)O)[C@@H](OS(=O)(=O)O)[C@@H]1OCc1ccccc1. The van der Waals surface area contributed by atoms with Gasteiger partial charge in [0.1, 0.15) is 24.4 Å². The second-order valence-electron chi connectivity index (χ2n) is 5.45. The molecule has 1 aromatic carbocycles. The number of halogens is 1. The highest BCUT2D eigenvalue weighted by Gasteiger charge is 2.46. The second-order valence-corrected chi connectivity index (χ2v) is 8.46. The van der Waals surface area contributed by atoms with E-state index in [1.165, 1.54) is 13.2 Å². The van der Waals surface area contributed by atoms with E-state index in [2.05, 4.69) is 24.3 Å². The average molecular weight is 489 g/mol. The zero-order chi connectivity index (χ0) is 20.2. The van der Waals surface area contributed by atoms with Gasteiger partial charge >= 0.3 is 20.8 Å². The van der Waals surface area contributed by atoms with E-state index in [0.717, 1.165) is 5.56 Å². The molecule has 0 saturated heterocycles. The molecule has 1 aliphatic rings. The summed E-state index contributed by atoms with van der Waals surface area (Å²) in [5, 5.41) is 0. The first kappa shape index (κ1) is 22.4. The van der Waals surface area contributed by atoms with E-state index >= 15 is 0 Å². The van der Waals surface area contributed by atoms with Crippen LogP contribution in [-0.4, -0.2) is 57.5 Å². The summed E-state index contributed by atoms with van der Waals surface area (Å²) in [5.74, 6) is 0. The molecule has 0 saturated carbocycles. The predicted molar refractivity (Wildman–Crippen MR) is 95.7 cm³/mol. The Morgan fingerprint density at radius 3 is 2.11 bits per heavy atom. The van der Waals surface area contributed by atoms with Crippen molar-refractivity contribution in [3.8, 4) is 0 Å². The zero-order valence-corrected chi connectivity index (χ0v) is 17.1. The van der Waals surface area contributed by atoms with Crippen LogP contribution in [0, 0.1) is 0 Å². The van der Waals surface area contributed by atoms with Crippen LogP contribution in [0.25, 0.3) is 0 Å². The summed E-state index contributed by atoms with van der Waals surface area (Å²) >= 11 is 3.03. The van der Waals surface area contributed by atoms with Gasteiger partial charge in [-0.3, -0.25) is 9.11 Å². The van der Waals surface area contributed by atoms with E-state index in [1.54, 1.807) is 30.3 Å². The summed E-state index contributed by atoms with van der Waals surface area (Å²) in [7, 11) is -8.69. The van der Waals surface area contributed by atoms with Crippen molar-refractivity contribution in [1.82, 2.24) is 0 Å². The average Bonchev–Trinajstić information content (AvgIpc) is 2.55. The molecule has 0 unspecified atom stereocenters. The fourth-order valence-corrected chi connectivity index (χ4v) is 4.20. The third-order valence-electron chi connectivity index (χ3n) is 3.56. The van der Waals surface area contributed by atoms with Gasteiger partial charge in [0, 0.05) is 11.6 Å². The number of methoxy groups -OCH3 is 1. The molecule has 152 valence electrons. The Morgan fingerprint density at radius 1 is 1.00 bits per heavy atom. The first-order valence-electron chi connectivity index (χ1n) is 7.37. The number of hydrogen-bond donors (Lipinski definition) is 2. The molecule has 0 spiro atoms. The largest absolute Gasteiger partial charge is 0.398 e. The van der Waals surface area contributed by atoms with E-state index in [1.807, 2.05) is 0 Å². The van der Waals surface area contributed by atoms with E-state index < -0.39 is 45.2 Å². The van der Waals surface area contributed by atoms with Gasteiger partial charge in [-0.25, -0.2) is 8.37 Å². The molecule has 0 fully saturated rings. The van der Waals surface area contributed by atoms with Crippen LogP contribution in [0.4, 0.5) is 0 Å². The Bertz CT molecular complexity index is 868. The number of ether oxygens (including phenoxy) is 2. The summed E-state index contributed by atoms with van der Waals surface area (Å²) in [6, 6.07) is 8.82. The van der Waals surface area contributed by atoms with Gasteiger partial charge in [-0.05, 0) is 11.6 Å². The molecule has 1 aliphatic carbocycles. The van der Waals surface area contributed by atoms with Crippen LogP contribution >= 0.6 is 15.9 Å². The van der Waals surface area contributed by atoms with E-state index in [0.29, 0.717) is 0 Å². The van der Waals surface area contributed by atoms with Crippen LogP contribution in [-0.2, 0) is 45.2 Å². The molecule has 1 aromatic rings. The third-order valence-corrected chi connectivity index (χ3v) is 5.19. The van der Waals surface area contributed by atoms with Crippen molar-refractivity contribution in [1.29, 1.82) is 0 Å². The molecule has 13 heteroatoms. The van der Waals surface area contributed by atoms with Crippen molar-refractivity contribution in [2.45, 2.75) is 31.0 Å². The highest BCUT2D eigenvalue weighted by atomic mass is 79.9. The van der Waals surface area contributed by atoms with Crippen LogP contribution in [0.15, 0.2) is 40.9 Å². The first-order chi connectivity index (χ1) is 12.5. The molecule has 0 radical (unpaired) electrons. The molecular weight excluding hydrogens is 472 g/mol. The van der Waals surface area contributed by atoms with E-state index in [9.17, 15) is 16.8 Å². The topological polar surface area (TPSA) is 146 Å². The Balaban J connectivity index is 2.37. The van der Waals surface area contributed by atoms with Crippen molar-refractivity contribution < 1.29 is 43.8 Å². The zero-order valence-electron chi connectivity index (χ0n) is 13.8. The minimum Gasteiger partial charge on any atom is -0.375 e. The lowest BCUT2D eigenvalue weighted by molar-refractivity contribution is -0.122. The maximum Gasteiger partial charge on any atom is 0.398 e. The van der Waals surface area contributed by atoms with Gasteiger partial charge in [0.25, 0.3) is 0 Å². The van der Waals surface area contributed by atoms with Gasteiger partial charge in [-0.1, -0.05) is 46.3 Å². The normalized spacial score (nSPS) is 26.6. The van der Waals surface area contributed by atoms with E-state index in [-0.39, 0.29) is 11.1 Å². The molecule has 2 rings (SSSR count). The van der Waals surface area contributed by atoms with Crippen LogP contribution < -0.4 is 0 Å². The Hall–Kier alpha value is -0.900. The quantitative estimate of drug-likeness (QED) is 0.512. The smallest absolute Gasteiger partial charge is 0.375 e. The molecule has 10 nitrogen and oxygen atoms in total. The number of rotatable bonds is 8. The first-order valence-corrected chi connectivity index (χ1v) is 10.9. The van der Waals surface area contributed by atoms with Gasteiger partial charge in [0.15, 0.2) is 0 Å². The lowest BCUT2D eigenvalue weighted by Crippen LogP contribution is -2.53. The van der Waals surface area contributed by atoms with Gasteiger partial charge < -0.3 is 9.47 Å². The summed E-state index contributed by atoms with van der Waals surface area (Å²) in [6.07, 6.45) is -4.04. The summed E-state index contributed by atoms with van der Waals surface area (Å²) in [6.45, 7) is 0.000751.